The predicted octanol–water partition coefficient (Wildman–Crippen LogP) is 3.58. The Bertz CT molecular complexity index is 692. The Balaban J connectivity index is 1.84. The van der Waals surface area contributed by atoms with Gasteiger partial charge in [-0.3, -0.25) is 9.59 Å². The lowest BCUT2D eigenvalue weighted by Crippen LogP contribution is -2.24. The minimum Gasteiger partial charge on any atom is -0.497 e. The zero-order valence-electron chi connectivity index (χ0n) is 13.6. The minimum absolute atomic E-state index is 0.174. The van der Waals surface area contributed by atoms with E-state index >= 15 is 0 Å². The highest BCUT2D eigenvalue weighted by Crippen LogP contribution is 2.14. The topological polar surface area (TPSA) is 52.6 Å². The highest BCUT2D eigenvalue weighted by atomic mass is 19.1. The van der Waals surface area contributed by atoms with E-state index in [0.29, 0.717) is 12.0 Å². The van der Waals surface area contributed by atoms with Gasteiger partial charge in [-0.05, 0) is 55.3 Å². The maximum atomic E-state index is 12.9. The second kappa shape index (κ2) is 8.24. The van der Waals surface area contributed by atoms with Crippen LogP contribution < -0.4 is 4.74 Å². The SMILES string of the molecule is COc1ccc(CCC(=O)O[C@@H](C)C(=O)c2ccc(F)cc2)cc1. The third-order valence-electron chi connectivity index (χ3n) is 3.58. The van der Waals surface area contributed by atoms with Crippen molar-refractivity contribution in [1.29, 1.82) is 0 Å². The van der Waals surface area contributed by atoms with Crippen molar-refractivity contribution >= 4 is 11.8 Å². The first-order valence-corrected chi connectivity index (χ1v) is 7.62. The number of halogens is 1. The summed E-state index contributed by atoms with van der Waals surface area (Å²) in [6.45, 7) is 1.51. The number of ether oxygens (including phenoxy) is 2. The first kappa shape index (κ1) is 17.7. The molecule has 0 aliphatic carbocycles. The number of Topliss-reactive ketones (excluding diaryl/α,β-unsaturated/α-hetero) is 1. The lowest BCUT2D eigenvalue weighted by atomic mass is 10.1. The van der Waals surface area contributed by atoms with Crippen LogP contribution in [-0.2, 0) is 16.0 Å². The van der Waals surface area contributed by atoms with Gasteiger partial charge in [-0.15, -0.1) is 0 Å². The lowest BCUT2D eigenvalue weighted by Gasteiger charge is -2.12. The Kier molecular flexibility index (Phi) is 6.07. The molecule has 2 rings (SSSR count). The number of methoxy groups -OCH3 is 1. The monoisotopic (exact) mass is 330 g/mol. The van der Waals surface area contributed by atoms with Crippen molar-refractivity contribution in [2.24, 2.45) is 0 Å². The van der Waals surface area contributed by atoms with E-state index in [4.69, 9.17) is 9.47 Å². The average Bonchev–Trinajstić information content (AvgIpc) is 2.60. The third kappa shape index (κ3) is 4.91. The van der Waals surface area contributed by atoms with Gasteiger partial charge in [0, 0.05) is 12.0 Å². The van der Waals surface area contributed by atoms with Crippen LogP contribution in [0.4, 0.5) is 4.39 Å². The maximum Gasteiger partial charge on any atom is 0.306 e. The summed E-state index contributed by atoms with van der Waals surface area (Å²) in [5.41, 5.74) is 1.29. The summed E-state index contributed by atoms with van der Waals surface area (Å²) < 4.78 is 23.1. The molecular weight excluding hydrogens is 311 g/mol. The van der Waals surface area contributed by atoms with E-state index in [1.165, 1.54) is 31.2 Å². The molecule has 24 heavy (non-hydrogen) atoms. The second-order valence-corrected chi connectivity index (χ2v) is 5.35. The number of carbonyl (C=O) groups is 2. The fraction of sp³-hybridized carbons (Fsp3) is 0.263. The molecule has 0 N–H and O–H groups in total. The van der Waals surface area contributed by atoms with Crippen LogP contribution in [0.2, 0.25) is 0 Å². The first-order chi connectivity index (χ1) is 11.5. The molecule has 0 fully saturated rings. The van der Waals surface area contributed by atoms with Gasteiger partial charge < -0.3 is 9.47 Å². The van der Waals surface area contributed by atoms with Gasteiger partial charge in [0.05, 0.1) is 7.11 Å². The molecule has 0 radical (unpaired) electrons. The number of carbonyl (C=O) groups excluding carboxylic acids is 2. The second-order valence-electron chi connectivity index (χ2n) is 5.35. The van der Waals surface area contributed by atoms with Crippen LogP contribution in [0.5, 0.6) is 5.75 Å². The molecule has 0 spiro atoms. The molecule has 126 valence electrons. The molecule has 0 amide bonds. The van der Waals surface area contributed by atoms with Crippen LogP contribution in [0.3, 0.4) is 0 Å². The molecule has 0 aliphatic heterocycles. The van der Waals surface area contributed by atoms with Gasteiger partial charge in [-0.2, -0.15) is 0 Å². The molecule has 5 heteroatoms. The third-order valence-corrected chi connectivity index (χ3v) is 3.58. The van der Waals surface area contributed by atoms with Gasteiger partial charge in [0.15, 0.2) is 6.10 Å². The van der Waals surface area contributed by atoms with E-state index in [1.54, 1.807) is 7.11 Å². The molecule has 0 unspecified atom stereocenters. The van der Waals surface area contributed by atoms with Gasteiger partial charge in [0.2, 0.25) is 5.78 Å². The Morgan fingerprint density at radius 2 is 1.67 bits per heavy atom. The van der Waals surface area contributed by atoms with Crippen molar-refractivity contribution in [2.45, 2.75) is 25.9 Å². The number of ketones is 1. The predicted molar refractivity (Wildman–Crippen MR) is 87.6 cm³/mol. The summed E-state index contributed by atoms with van der Waals surface area (Å²) in [4.78, 5) is 24.0. The summed E-state index contributed by atoms with van der Waals surface area (Å²) in [7, 11) is 1.59. The number of benzene rings is 2. The van der Waals surface area contributed by atoms with E-state index < -0.39 is 17.9 Å². The first-order valence-electron chi connectivity index (χ1n) is 7.62. The van der Waals surface area contributed by atoms with Crippen molar-refractivity contribution in [3.8, 4) is 5.75 Å². The highest BCUT2D eigenvalue weighted by Gasteiger charge is 2.19. The highest BCUT2D eigenvalue weighted by molar-refractivity contribution is 6.00. The summed E-state index contributed by atoms with van der Waals surface area (Å²) in [6, 6.07) is 12.5. The van der Waals surface area contributed by atoms with E-state index in [9.17, 15) is 14.0 Å². The Morgan fingerprint density at radius 1 is 1.04 bits per heavy atom. The van der Waals surface area contributed by atoms with Crippen molar-refractivity contribution in [2.75, 3.05) is 7.11 Å². The fourth-order valence-electron chi connectivity index (χ4n) is 2.20. The number of hydrogen-bond donors (Lipinski definition) is 0. The molecule has 2 aromatic rings. The molecular formula is C19H19FO4. The molecule has 0 aromatic heterocycles. The van der Waals surface area contributed by atoms with Crippen LogP contribution >= 0.6 is 0 Å². The van der Waals surface area contributed by atoms with E-state index in [-0.39, 0.29) is 12.2 Å². The standard InChI is InChI=1S/C19H19FO4/c1-13(19(22)15-6-8-16(20)9-7-15)24-18(21)12-5-14-3-10-17(23-2)11-4-14/h3-4,6-11,13H,5,12H2,1-2H3/t13-/m0/s1. The van der Waals surface area contributed by atoms with Crippen LogP contribution in [0.1, 0.15) is 29.3 Å². The lowest BCUT2D eigenvalue weighted by molar-refractivity contribution is -0.146. The van der Waals surface area contributed by atoms with Gasteiger partial charge in [-0.25, -0.2) is 4.39 Å². The minimum atomic E-state index is -0.904. The number of hydrogen-bond acceptors (Lipinski definition) is 4. The quantitative estimate of drug-likeness (QED) is 0.575. The van der Waals surface area contributed by atoms with Gasteiger partial charge >= 0.3 is 5.97 Å². The summed E-state index contributed by atoms with van der Waals surface area (Å²) >= 11 is 0. The Labute approximate surface area is 140 Å². The van der Waals surface area contributed by atoms with Gasteiger partial charge in [-0.1, -0.05) is 12.1 Å². The Morgan fingerprint density at radius 3 is 2.25 bits per heavy atom. The van der Waals surface area contributed by atoms with Gasteiger partial charge in [0.1, 0.15) is 11.6 Å². The fourth-order valence-corrected chi connectivity index (χ4v) is 2.20. The number of aryl methyl sites for hydroxylation is 1. The summed E-state index contributed by atoms with van der Waals surface area (Å²) in [5, 5.41) is 0. The van der Waals surface area contributed by atoms with E-state index in [1.807, 2.05) is 24.3 Å². The van der Waals surface area contributed by atoms with Crippen molar-refractivity contribution in [1.82, 2.24) is 0 Å². The molecule has 0 saturated heterocycles. The zero-order valence-corrected chi connectivity index (χ0v) is 13.6. The molecule has 0 aliphatic rings. The molecule has 2 aromatic carbocycles. The average molecular weight is 330 g/mol. The van der Waals surface area contributed by atoms with E-state index in [0.717, 1.165) is 11.3 Å². The van der Waals surface area contributed by atoms with Crippen molar-refractivity contribution in [3.05, 3.63) is 65.5 Å². The Hall–Kier alpha value is -2.69. The smallest absolute Gasteiger partial charge is 0.306 e. The summed E-state index contributed by atoms with van der Waals surface area (Å²) in [5.74, 6) is -0.475. The van der Waals surface area contributed by atoms with Gasteiger partial charge in [0.25, 0.3) is 0 Å². The maximum absolute atomic E-state index is 12.9. The molecule has 0 saturated carbocycles. The van der Waals surface area contributed by atoms with Crippen molar-refractivity contribution < 1.29 is 23.5 Å². The van der Waals surface area contributed by atoms with Crippen LogP contribution in [-0.4, -0.2) is 25.0 Å². The number of esters is 1. The molecule has 4 nitrogen and oxygen atoms in total. The van der Waals surface area contributed by atoms with Crippen LogP contribution in [0.25, 0.3) is 0 Å². The summed E-state index contributed by atoms with van der Waals surface area (Å²) in [6.07, 6.45) is -0.216. The normalized spacial score (nSPS) is 11.6. The number of rotatable bonds is 7. The molecule has 0 heterocycles. The van der Waals surface area contributed by atoms with Crippen molar-refractivity contribution in [3.63, 3.8) is 0 Å². The molecule has 1 atom stereocenters. The zero-order chi connectivity index (χ0) is 17.5. The van der Waals surface area contributed by atoms with E-state index in [2.05, 4.69) is 0 Å². The molecule has 0 bridgehead atoms. The largest absolute Gasteiger partial charge is 0.497 e. The van der Waals surface area contributed by atoms with Crippen LogP contribution in [0, 0.1) is 5.82 Å². The van der Waals surface area contributed by atoms with Crippen LogP contribution in [0.15, 0.2) is 48.5 Å².